The molecule has 1 aliphatic heterocycles. The first-order chi connectivity index (χ1) is 15.1. The molecular weight excluding hydrogens is 414 g/mol. The molecule has 0 amide bonds. The number of pyridine rings is 1. The van der Waals surface area contributed by atoms with Crippen molar-refractivity contribution < 1.29 is 30.1 Å². The number of aromatic nitrogens is 1. The maximum absolute atomic E-state index is 13.8. The minimum absolute atomic E-state index is 0.0670. The van der Waals surface area contributed by atoms with E-state index < -0.39 is 52.5 Å². The number of carbonyl (C=O) groups is 1. The van der Waals surface area contributed by atoms with Crippen molar-refractivity contribution in [1.29, 1.82) is 0 Å². The highest BCUT2D eigenvalue weighted by Gasteiger charge is 2.62. The number of carbonyl (C=O) groups excluding carboxylic acids is 1. The summed E-state index contributed by atoms with van der Waals surface area (Å²) in [5.41, 5.74) is -3.30. The lowest BCUT2D eigenvalue weighted by molar-refractivity contribution is -0.0246. The molecule has 174 valence electrons. The maximum atomic E-state index is 13.8. The van der Waals surface area contributed by atoms with Gasteiger partial charge in [-0.2, -0.15) is 4.73 Å². The van der Waals surface area contributed by atoms with Gasteiger partial charge >= 0.3 is 0 Å². The van der Waals surface area contributed by atoms with Crippen molar-refractivity contribution in [2.75, 3.05) is 0 Å². The highest BCUT2D eigenvalue weighted by Crippen LogP contribution is 2.52. The van der Waals surface area contributed by atoms with Gasteiger partial charge in [0.15, 0.2) is 5.78 Å². The molecule has 0 bridgehead atoms. The molecule has 9 atom stereocenters. The minimum atomic E-state index is -1.71. The van der Waals surface area contributed by atoms with Gasteiger partial charge in [0.1, 0.15) is 29.1 Å². The first kappa shape index (κ1) is 21.7. The lowest BCUT2D eigenvalue weighted by Gasteiger charge is -2.42. The van der Waals surface area contributed by atoms with Crippen molar-refractivity contribution >= 4 is 5.78 Å². The Morgan fingerprint density at radius 3 is 2.72 bits per heavy atom. The molecule has 4 N–H and O–H groups in total. The van der Waals surface area contributed by atoms with E-state index in [2.05, 4.69) is 13.0 Å². The predicted octanol–water partition coefficient (Wildman–Crippen LogP) is 1.96. The van der Waals surface area contributed by atoms with E-state index in [1.54, 1.807) is 0 Å². The molecule has 8 nitrogen and oxygen atoms in total. The largest absolute Gasteiger partial charge is 0.507 e. The zero-order valence-electron chi connectivity index (χ0n) is 18.3. The number of hydrogen-bond acceptors (Lipinski definition) is 7. The standard InChI is InChI=1S/C24H31NO7/c1-11-3-6-14-13(9-11)5-4-12(2)17(14)20(28)18-19(27)15(10-25(31)23(18)29)24(30)8-7-16(26)21-22(24)32-21/h4-5,10-14,16-17,21-22,26-27,30-31H,3,6-9H2,1-2H3/t11-,12-,13-,14-,16+,17-,21-,22-,24-/m1/s1. The Bertz CT molecular complexity index is 1030. The number of ether oxygens (including phenoxy) is 1. The third-order valence-corrected chi connectivity index (χ3v) is 8.28. The number of fused-ring (bicyclic) bond motifs is 2. The highest BCUT2D eigenvalue weighted by molar-refractivity contribution is 6.01. The van der Waals surface area contributed by atoms with Crippen LogP contribution in [0.25, 0.3) is 0 Å². The molecule has 4 aliphatic rings. The maximum Gasteiger partial charge on any atom is 0.297 e. The third kappa shape index (κ3) is 3.15. The molecule has 3 aliphatic carbocycles. The quantitative estimate of drug-likeness (QED) is 0.242. The van der Waals surface area contributed by atoms with Gasteiger partial charge in [-0.1, -0.05) is 32.4 Å². The molecule has 0 aromatic carbocycles. The summed E-state index contributed by atoms with van der Waals surface area (Å²) in [6.07, 6.45) is 6.25. The van der Waals surface area contributed by atoms with Gasteiger partial charge in [-0.15, -0.1) is 0 Å². The number of rotatable bonds is 3. The number of ketones is 1. The summed E-state index contributed by atoms with van der Waals surface area (Å²) in [5.74, 6) is -0.812. The molecule has 0 radical (unpaired) electrons. The monoisotopic (exact) mass is 445 g/mol. The zero-order chi connectivity index (χ0) is 22.9. The number of aliphatic hydroxyl groups is 2. The predicted molar refractivity (Wildman–Crippen MR) is 113 cm³/mol. The summed E-state index contributed by atoms with van der Waals surface area (Å²) in [6.45, 7) is 4.14. The van der Waals surface area contributed by atoms with Gasteiger partial charge in [-0.25, -0.2) is 0 Å². The summed E-state index contributed by atoms with van der Waals surface area (Å²) in [7, 11) is 0. The molecule has 32 heavy (non-hydrogen) atoms. The molecule has 1 aromatic heterocycles. The van der Waals surface area contributed by atoms with Crippen LogP contribution < -0.4 is 5.56 Å². The second kappa shape index (κ2) is 7.43. The molecular formula is C24H31NO7. The summed E-state index contributed by atoms with van der Waals surface area (Å²) in [4.78, 5) is 26.6. The normalized spacial score (nSPS) is 42.8. The number of allylic oxidation sites excluding steroid dienone is 2. The summed E-state index contributed by atoms with van der Waals surface area (Å²) in [6, 6.07) is 0. The van der Waals surface area contributed by atoms with Gasteiger partial charge in [-0.05, 0) is 49.4 Å². The second-order valence-electron chi connectivity index (χ2n) is 10.3. The lowest BCUT2D eigenvalue weighted by Crippen LogP contribution is -2.44. The summed E-state index contributed by atoms with van der Waals surface area (Å²) >= 11 is 0. The molecule has 2 saturated carbocycles. The van der Waals surface area contributed by atoms with E-state index in [9.17, 15) is 30.1 Å². The van der Waals surface area contributed by atoms with Crippen LogP contribution in [0.1, 0.15) is 61.9 Å². The average Bonchev–Trinajstić information content (AvgIpc) is 3.56. The van der Waals surface area contributed by atoms with Crippen molar-refractivity contribution in [3.05, 3.63) is 39.8 Å². The van der Waals surface area contributed by atoms with Crippen molar-refractivity contribution in [3.63, 3.8) is 0 Å². The Balaban J connectivity index is 1.56. The van der Waals surface area contributed by atoms with E-state index in [-0.39, 0.29) is 40.9 Å². The Labute approximate surface area is 186 Å². The van der Waals surface area contributed by atoms with Crippen LogP contribution in [0.4, 0.5) is 0 Å². The van der Waals surface area contributed by atoms with Gasteiger partial charge in [0.2, 0.25) is 0 Å². The fourth-order valence-corrected chi connectivity index (χ4v) is 6.44. The van der Waals surface area contributed by atoms with Crippen LogP contribution in [0, 0.1) is 29.6 Å². The molecule has 1 saturated heterocycles. The van der Waals surface area contributed by atoms with Gasteiger partial charge in [-0.3, -0.25) is 9.59 Å². The van der Waals surface area contributed by atoms with Crippen LogP contribution in [0.5, 0.6) is 5.75 Å². The molecule has 5 rings (SSSR count). The Morgan fingerprint density at radius 1 is 1.22 bits per heavy atom. The molecule has 0 unspecified atom stereocenters. The van der Waals surface area contributed by atoms with Gasteiger partial charge in [0.25, 0.3) is 5.56 Å². The zero-order valence-corrected chi connectivity index (χ0v) is 18.3. The van der Waals surface area contributed by atoms with E-state index in [0.717, 1.165) is 25.5 Å². The van der Waals surface area contributed by atoms with Crippen molar-refractivity contribution in [2.45, 2.75) is 69.9 Å². The van der Waals surface area contributed by atoms with Crippen LogP contribution in [0.2, 0.25) is 0 Å². The van der Waals surface area contributed by atoms with E-state index in [1.807, 2.05) is 13.0 Å². The Morgan fingerprint density at radius 2 is 1.97 bits per heavy atom. The number of aliphatic hydroxyl groups excluding tert-OH is 1. The fraction of sp³-hybridized carbons (Fsp3) is 0.667. The fourth-order valence-electron chi connectivity index (χ4n) is 6.44. The lowest BCUT2D eigenvalue weighted by atomic mass is 9.61. The van der Waals surface area contributed by atoms with Crippen LogP contribution in [0.15, 0.2) is 23.1 Å². The smallest absolute Gasteiger partial charge is 0.297 e. The summed E-state index contributed by atoms with van der Waals surface area (Å²) in [5, 5.41) is 42.7. The van der Waals surface area contributed by atoms with E-state index in [0.29, 0.717) is 5.92 Å². The molecule has 0 spiro atoms. The minimum Gasteiger partial charge on any atom is -0.507 e. The SMILES string of the molecule is C[C@@H]1CC[C@H]2[C@H](C(=O)c3c(O)c([C@]4(O)CC[C@H](O)[C@H]5O[C@H]54)cn(O)c3=O)[C@H](C)C=C[C@@H]2C1. The Kier molecular flexibility index (Phi) is 5.03. The van der Waals surface area contributed by atoms with Gasteiger partial charge in [0, 0.05) is 11.5 Å². The molecule has 8 heteroatoms. The molecule has 1 aromatic rings. The van der Waals surface area contributed by atoms with Gasteiger partial charge < -0.3 is 25.3 Å². The van der Waals surface area contributed by atoms with E-state index in [1.165, 1.54) is 0 Å². The van der Waals surface area contributed by atoms with Gasteiger partial charge in [0.05, 0.1) is 12.3 Å². The summed E-state index contributed by atoms with van der Waals surface area (Å²) < 4.78 is 5.70. The van der Waals surface area contributed by atoms with Crippen molar-refractivity contribution in [1.82, 2.24) is 4.73 Å². The number of Topliss-reactive ketones (excluding diaryl/α,β-unsaturated/α-hetero) is 1. The molecule has 2 heterocycles. The highest BCUT2D eigenvalue weighted by atomic mass is 16.6. The van der Waals surface area contributed by atoms with E-state index in [4.69, 9.17) is 4.74 Å². The van der Waals surface area contributed by atoms with Crippen LogP contribution >= 0.6 is 0 Å². The average molecular weight is 446 g/mol. The first-order valence-corrected chi connectivity index (χ1v) is 11.6. The van der Waals surface area contributed by atoms with Crippen LogP contribution in [-0.4, -0.2) is 49.4 Å². The number of aromatic hydroxyl groups is 1. The first-order valence-electron chi connectivity index (χ1n) is 11.6. The van der Waals surface area contributed by atoms with Crippen LogP contribution in [-0.2, 0) is 10.3 Å². The number of nitrogens with zero attached hydrogens (tertiary/aromatic N) is 1. The van der Waals surface area contributed by atoms with Crippen molar-refractivity contribution in [3.8, 4) is 5.75 Å². The number of epoxide rings is 1. The second-order valence-corrected chi connectivity index (χ2v) is 10.3. The Hall–Kier alpha value is -2.16. The van der Waals surface area contributed by atoms with E-state index >= 15 is 0 Å². The molecule has 3 fully saturated rings. The number of hydrogen-bond donors (Lipinski definition) is 4. The third-order valence-electron chi connectivity index (χ3n) is 8.28. The topological polar surface area (TPSA) is 133 Å². The van der Waals surface area contributed by atoms with Crippen molar-refractivity contribution in [2.24, 2.45) is 29.6 Å². The van der Waals surface area contributed by atoms with Crippen LogP contribution in [0.3, 0.4) is 0 Å².